The molecule has 3 aromatic heterocycles. The number of H-pyrrole nitrogens is 1. The van der Waals surface area contributed by atoms with E-state index in [1.165, 1.54) is 17.2 Å². The number of phosphoric acid groups is 1. The number of phosphoric ester groups is 1. The molecule has 1 aliphatic carbocycles. The summed E-state index contributed by atoms with van der Waals surface area (Å²) in [6.07, 6.45) is -0.304. The number of amides is 1. The molecular formula is C33H49N9O11P2SSi. The van der Waals surface area contributed by atoms with Crippen LogP contribution in [0.3, 0.4) is 0 Å². The van der Waals surface area contributed by atoms with Gasteiger partial charge in [0.1, 0.15) is 30.5 Å². The largest absolute Gasteiger partial charge is 0.472 e. The fourth-order valence-corrected chi connectivity index (χ4v) is 10.8. The van der Waals surface area contributed by atoms with Gasteiger partial charge >= 0.3 is 14.5 Å². The van der Waals surface area contributed by atoms with E-state index in [-0.39, 0.29) is 53.7 Å². The Morgan fingerprint density at radius 1 is 1.21 bits per heavy atom. The summed E-state index contributed by atoms with van der Waals surface area (Å²) in [5.74, 6) is -0.843. The van der Waals surface area contributed by atoms with Gasteiger partial charge in [-0.3, -0.25) is 38.0 Å². The Morgan fingerprint density at radius 3 is 2.67 bits per heavy atom. The van der Waals surface area contributed by atoms with Crippen LogP contribution >= 0.6 is 14.5 Å². The van der Waals surface area contributed by atoms with Crippen LogP contribution in [0.4, 0.5) is 11.8 Å². The van der Waals surface area contributed by atoms with E-state index < -0.39 is 77.5 Å². The van der Waals surface area contributed by atoms with Crippen LogP contribution in [-0.4, -0.2) is 98.9 Å². The average Bonchev–Trinajstić information content (AvgIpc) is 3.81. The molecule has 0 aromatic carbocycles. The molecule has 1 saturated carbocycles. The SMILES string of the molecule is CC(C)C(=O)Nc1nc2c(ncn2[C@@H]2O[C@@H]3COP(=O)(O)O[C@H]4C[C@H](Nc5ccncn5)C[C@@H]4CO[P@@](=S)(OCCC#N)O[C@@H]2[C@@H]3O[Si](C)(C)C(C)(C)C)c(=O)[nH]1. The van der Waals surface area contributed by atoms with Gasteiger partial charge in [0.05, 0.1) is 44.7 Å². The van der Waals surface area contributed by atoms with Crippen LogP contribution in [0.5, 0.6) is 0 Å². The van der Waals surface area contributed by atoms with Crippen molar-refractivity contribution in [2.45, 2.75) is 109 Å². The molecule has 20 nitrogen and oxygen atoms in total. The summed E-state index contributed by atoms with van der Waals surface area (Å²) in [6.45, 7) is 9.01. The summed E-state index contributed by atoms with van der Waals surface area (Å²) in [4.78, 5) is 56.5. The molecule has 6 rings (SSSR count). The monoisotopic (exact) mass is 869 g/mol. The molecule has 4 N–H and O–H groups in total. The number of nitrogens with one attached hydrogen (secondary N) is 3. The molecular weight excluding hydrogens is 821 g/mol. The van der Waals surface area contributed by atoms with E-state index in [4.69, 9.17) is 43.6 Å². The second-order valence-corrected chi connectivity index (χ2v) is 25.0. The number of ether oxygens (including phenoxy) is 1. The van der Waals surface area contributed by atoms with E-state index in [1.807, 2.05) is 39.9 Å². The van der Waals surface area contributed by atoms with Crippen LogP contribution in [0.15, 0.2) is 29.7 Å². The summed E-state index contributed by atoms with van der Waals surface area (Å²) in [7, 11) is -7.46. The van der Waals surface area contributed by atoms with Crippen LogP contribution < -0.4 is 16.2 Å². The van der Waals surface area contributed by atoms with E-state index in [1.54, 1.807) is 26.1 Å². The molecule has 1 amide bonds. The third-order valence-corrected chi connectivity index (χ3v) is 18.2. The van der Waals surface area contributed by atoms with Crippen molar-refractivity contribution in [3.8, 4) is 6.07 Å². The predicted molar refractivity (Wildman–Crippen MR) is 212 cm³/mol. The van der Waals surface area contributed by atoms with Crippen LogP contribution in [0.1, 0.15) is 60.1 Å². The van der Waals surface area contributed by atoms with E-state index in [2.05, 4.69) is 35.6 Å². The van der Waals surface area contributed by atoms with Gasteiger partial charge < -0.3 is 28.4 Å². The fraction of sp³-hybridized carbons (Fsp3) is 0.667. The molecule has 0 radical (unpaired) electrons. The molecule has 3 fully saturated rings. The summed E-state index contributed by atoms with van der Waals surface area (Å²) >= 11 is 6.07. The summed E-state index contributed by atoms with van der Waals surface area (Å²) in [5.41, 5.74) is -0.672. The maximum absolute atomic E-state index is 13.7. The second-order valence-electron chi connectivity index (χ2n) is 15.9. The number of hydrogen-bond donors (Lipinski definition) is 4. The normalized spacial score (nSPS) is 31.2. The molecule has 2 saturated heterocycles. The Hall–Kier alpha value is -3.03. The lowest BCUT2D eigenvalue weighted by Crippen LogP contribution is -2.50. The van der Waals surface area contributed by atoms with E-state index >= 15 is 0 Å². The highest BCUT2D eigenvalue weighted by Crippen LogP contribution is 2.58. The lowest BCUT2D eigenvalue weighted by atomic mass is 10.1. The fourth-order valence-electron chi connectivity index (χ4n) is 6.37. The van der Waals surface area contributed by atoms with Crippen LogP contribution in [0, 0.1) is 23.2 Å². The van der Waals surface area contributed by atoms with Gasteiger partial charge in [-0.15, -0.1) is 0 Å². The number of anilines is 2. The van der Waals surface area contributed by atoms with Gasteiger partial charge in [-0.25, -0.2) is 19.5 Å². The summed E-state index contributed by atoms with van der Waals surface area (Å²) in [6, 6.07) is 3.51. The standard InChI is InChI=1S/C33H49N9O11P2SSi/c1-19(2)29(43)40-32-39-28-25(30(44)41-32)37-18-42(28)31-27-26(53-57(6,7)33(3,4)5)23(50-31)16-48-54(45,46)51-22-14-21(38-24-9-11-35-17-36-24)13-20(22)15-49-55(56,52-27)47-12-8-10-34/h9,11,17-23,26-27,31H,8,12-16H2,1-7H3,(H,45,46)(H,35,36,38)(H2,39,40,41,43,44)/t20-,21-,22+,23-,26-,27-,31-,55+/m1/s1. The first-order valence-corrected chi connectivity index (χ1v) is 25.5. The van der Waals surface area contributed by atoms with Crippen LogP contribution in [-0.2, 0) is 52.9 Å². The number of aromatic amines is 1. The quantitative estimate of drug-likeness (QED) is 0.122. The number of nitrogens with zero attached hydrogens (tertiary/aromatic N) is 6. The first-order valence-electron chi connectivity index (χ1n) is 18.5. The van der Waals surface area contributed by atoms with Gasteiger partial charge in [0.25, 0.3) is 5.56 Å². The van der Waals surface area contributed by atoms with Crippen LogP contribution in [0.2, 0.25) is 18.1 Å². The average molecular weight is 870 g/mol. The molecule has 2 aliphatic heterocycles. The van der Waals surface area contributed by atoms with Crippen LogP contribution in [0.25, 0.3) is 11.2 Å². The van der Waals surface area contributed by atoms with E-state index in [9.17, 15) is 24.3 Å². The molecule has 57 heavy (non-hydrogen) atoms. The molecule has 1 unspecified atom stereocenters. The van der Waals surface area contributed by atoms with E-state index in [0.717, 1.165) is 0 Å². The number of hydrogen-bond acceptors (Lipinski definition) is 17. The molecule has 0 spiro atoms. The summed E-state index contributed by atoms with van der Waals surface area (Å²) in [5, 5.41) is 15.0. The molecule has 3 aromatic rings. The van der Waals surface area contributed by atoms with Crippen molar-refractivity contribution in [2.75, 3.05) is 30.5 Å². The van der Waals surface area contributed by atoms with Crippen molar-refractivity contribution >= 4 is 63.5 Å². The van der Waals surface area contributed by atoms with Crippen molar-refractivity contribution in [1.82, 2.24) is 29.5 Å². The van der Waals surface area contributed by atoms with Crippen molar-refractivity contribution < 1.29 is 46.0 Å². The van der Waals surface area contributed by atoms with Crippen molar-refractivity contribution in [3.63, 3.8) is 0 Å². The number of fused-ring (bicyclic) bond motifs is 4. The second kappa shape index (κ2) is 17.3. The number of carbonyl (C=O) groups excluding carboxylic acids is 1. The third-order valence-electron chi connectivity index (χ3n) is 10.4. The number of carbonyl (C=O) groups is 1. The number of nitriles is 1. The molecule has 24 heteroatoms. The Morgan fingerprint density at radius 2 is 1.98 bits per heavy atom. The van der Waals surface area contributed by atoms with Gasteiger partial charge in [0.2, 0.25) is 11.9 Å². The Bertz CT molecular complexity index is 2120. The molecule has 5 heterocycles. The lowest BCUT2D eigenvalue weighted by Gasteiger charge is -2.41. The zero-order valence-corrected chi connectivity index (χ0v) is 36.3. The predicted octanol–water partition coefficient (Wildman–Crippen LogP) is 4.75. The minimum absolute atomic E-state index is 0.0203. The molecule has 9 atom stereocenters. The zero-order chi connectivity index (χ0) is 41.3. The highest BCUT2D eigenvalue weighted by Gasteiger charge is 2.55. The molecule has 2 bridgehead atoms. The van der Waals surface area contributed by atoms with Gasteiger partial charge in [-0.2, -0.15) is 10.2 Å². The Balaban J connectivity index is 1.42. The Labute approximate surface area is 335 Å². The maximum Gasteiger partial charge on any atom is 0.472 e. The third kappa shape index (κ3) is 10.2. The van der Waals surface area contributed by atoms with Crippen molar-refractivity contribution in [3.05, 3.63) is 35.3 Å². The van der Waals surface area contributed by atoms with Crippen molar-refractivity contribution in [1.29, 1.82) is 5.26 Å². The summed E-state index contributed by atoms with van der Waals surface area (Å²) < 4.78 is 59.6. The topological polar surface area (TPSA) is 256 Å². The minimum atomic E-state index is -4.76. The number of imidazole rings is 1. The molecule has 3 aliphatic rings. The first kappa shape index (κ1) is 43.5. The van der Waals surface area contributed by atoms with Gasteiger partial charge in [0.15, 0.2) is 25.7 Å². The van der Waals surface area contributed by atoms with Gasteiger partial charge in [-0.05, 0) is 48.8 Å². The Kier molecular flexibility index (Phi) is 13.2. The maximum atomic E-state index is 13.7. The molecule has 312 valence electrons. The minimum Gasteiger partial charge on any atom is -0.408 e. The highest BCUT2D eigenvalue weighted by atomic mass is 32.5. The zero-order valence-electron chi connectivity index (χ0n) is 32.7. The van der Waals surface area contributed by atoms with E-state index in [0.29, 0.717) is 18.7 Å². The van der Waals surface area contributed by atoms with Gasteiger partial charge in [-0.1, -0.05) is 34.6 Å². The van der Waals surface area contributed by atoms with Crippen molar-refractivity contribution in [2.24, 2.45) is 11.8 Å². The first-order chi connectivity index (χ1) is 26.8. The number of aromatic nitrogens is 6. The number of rotatable bonds is 10. The lowest BCUT2D eigenvalue weighted by molar-refractivity contribution is -0.118. The van der Waals surface area contributed by atoms with Gasteiger partial charge in [0, 0.05) is 24.1 Å². The smallest absolute Gasteiger partial charge is 0.408 e. The highest BCUT2D eigenvalue weighted by molar-refractivity contribution is 8.07.